The number of carbonyl (C=O) groups excluding carboxylic acids is 1. The van der Waals surface area contributed by atoms with Crippen LogP contribution in [-0.2, 0) is 6.42 Å². The van der Waals surface area contributed by atoms with Crippen LogP contribution in [0.2, 0.25) is 10.2 Å². The minimum Gasteiger partial charge on any atom is -0.452 e. The van der Waals surface area contributed by atoms with E-state index in [-0.39, 0.29) is 22.4 Å². The van der Waals surface area contributed by atoms with Crippen LogP contribution < -0.4 is 0 Å². The van der Waals surface area contributed by atoms with Crippen molar-refractivity contribution >= 4 is 29.0 Å². The molecule has 2 nitrogen and oxygen atoms in total. The number of hydrogen-bond acceptors (Lipinski definition) is 2. The fourth-order valence-corrected chi connectivity index (χ4v) is 1.88. The second-order valence-corrected chi connectivity index (χ2v) is 4.19. The van der Waals surface area contributed by atoms with Gasteiger partial charge in [0.1, 0.15) is 5.82 Å². The summed E-state index contributed by atoms with van der Waals surface area (Å²) < 4.78 is 17.6. The highest BCUT2D eigenvalue weighted by molar-refractivity contribution is 6.33. The highest BCUT2D eigenvalue weighted by Crippen LogP contribution is 2.22. The summed E-state index contributed by atoms with van der Waals surface area (Å²) in [6.45, 7) is 0. The molecule has 5 heteroatoms. The summed E-state index contributed by atoms with van der Waals surface area (Å²) in [4.78, 5) is 11.8. The van der Waals surface area contributed by atoms with E-state index in [1.165, 1.54) is 30.5 Å². The lowest BCUT2D eigenvalue weighted by Gasteiger charge is -2.02. The summed E-state index contributed by atoms with van der Waals surface area (Å²) in [5, 5.41) is 0.270. The van der Waals surface area contributed by atoms with Gasteiger partial charge in [-0.1, -0.05) is 17.7 Å². The molecule has 0 bridgehead atoms. The van der Waals surface area contributed by atoms with Gasteiger partial charge < -0.3 is 4.42 Å². The molecule has 0 saturated heterocycles. The van der Waals surface area contributed by atoms with E-state index >= 15 is 0 Å². The van der Waals surface area contributed by atoms with Gasteiger partial charge in [-0.3, -0.25) is 4.79 Å². The molecule has 17 heavy (non-hydrogen) atoms. The number of rotatable bonds is 3. The lowest BCUT2D eigenvalue weighted by molar-refractivity contribution is 0.0992. The van der Waals surface area contributed by atoms with Gasteiger partial charge in [-0.2, -0.15) is 0 Å². The molecule has 1 aromatic carbocycles. The Hall–Kier alpha value is -1.32. The zero-order valence-electron chi connectivity index (χ0n) is 8.54. The smallest absolute Gasteiger partial charge is 0.203 e. The van der Waals surface area contributed by atoms with Crippen molar-refractivity contribution in [2.24, 2.45) is 0 Å². The molecule has 0 saturated carbocycles. The Morgan fingerprint density at radius 2 is 2.06 bits per heavy atom. The van der Waals surface area contributed by atoms with Gasteiger partial charge in [0.2, 0.25) is 5.22 Å². The molecule has 88 valence electrons. The number of ketones is 1. The molecule has 2 rings (SSSR count). The molecular formula is C12H7Cl2FO2. The molecule has 0 unspecified atom stereocenters. The monoisotopic (exact) mass is 272 g/mol. The largest absolute Gasteiger partial charge is 0.452 e. The fourth-order valence-electron chi connectivity index (χ4n) is 1.43. The molecule has 0 spiro atoms. The Kier molecular flexibility index (Phi) is 3.50. The zero-order chi connectivity index (χ0) is 12.4. The number of carbonyl (C=O) groups is 1. The van der Waals surface area contributed by atoms with Crippen molar-refractivity contribution < 1.29 is 13.6 Å². The van der Waals surface area contributed by atoms with E-state index in [4.69, 9.17) is 27.6 Å². The van der Waals surface area contributed by atoms with Gasteiger partial charge in [0, 0.05) is 11.4 Å². The fraction of sp³-hybridized carbons (Fsp3) is 0.0833. The molecule has 0 radical (unpaired) electrons. The lowest BCUT2D eigenvalue weighted by Crippen LogP contribution is -2.03. The van der Waals surface area contributed by atoms with Crippen molar-refractivity contribution in [1.29, 1.82) is 0 Å². The van der Waals surface area contributed by atoms with Gasteiger partial charge in [-0.25, -0.2) is 4.39 Å². The quantitative estimate of drug-likeness (QED) is 0.786. The molecule has 2 aromatic rings. The third-order valence-corrected chi connectivity index (χ3v) is 2.93. The van der Waals surface area contributed by atoms with E-state index < -0.39 is 5.82 Å². The molecular weight excluding hydrogens is 266 g/mol. The second kappa shape index (κ2) is 4.90. The highest BCUT2D eigenvalue weighted by Gasteiger charge is 2.15. The maximum absolute atomic E-state index is 12.8. The Bertz CT molecular complexity index is 563. The molecule has 0 fully saturated rings. The predicted molar refractivity (Wildman–Crippen MR) is 63.2 cm³/mol. The average Bonchev–Trinajstić information content (AvgIpc) is 2.68. The first-order valence-electron chi connectivity index (χ1n) is 4.78. The summed E-state index contributed by atoms with van der Waals surface area (Å²) >= 11 is 11.5. The first-order valence-corrected chi connectivity index (χ1v) is 5.53. The van der Waals surface area contributed by atoms with Crippen LogP contribution in [0, 0.1) is 5.82 Å². The zero-order valence-corrected chi connectivity index (χ0v) is 10.1. The summed E-state index contributed by atoms with van der Waals surface area (Å²) in [5.74, 6) is -0.662. The topological polar surface area (TPSA) is 30.2 Å². The Morgan fingerprint density at radius 3 is 2.65 bits per heavy atom. The van der Waals surface area contributed by atoms with Crippen LogP contribution in [-0.4, -0.2) is 5.78 Å². The van der Waals surface area contributed by atoms with E-state index in [0.29, 0.717) is 11.1 Å². The minimum atomic E-state index is -0.437. The first-order chi connectivity index (χ1) is 8.08. The van der Waals surface area contributed by atoms with Crippen molar-refractivity contribution in [2.45, 2.75) is 6.42 Å². The van der Waals surface area contributed by atoms with Crippen molar-refractivity contribution in [3.63, 3.8) is 0 Å². The molecule has 0 N–H and O–H groups in total. The Balaban J connectivity index is 2.22. The Labute approximate surface area is 107 Å². The van der Waals surface area contributed by atoms with E-state index in [2.05, 4.69) is 0 Å². The molecule has 1 aromatic heterocycles. The summed E-state index contributed by atoms with van der Waals surface area (Å²) in [7, 11) is 0. The van der Waals surface area contributed by atoms with Crippen LogP contribution in [0.15, 0.2) is 34.9 Å². The van der Waals surface area contributed by atoms with Gasteiger partial charge >= 0.3 is 0 Å². The maximum atomic E-state index is 12.8. The highest BCUT2D eigenvalue weighted by atomic mass is 35.5. The SMILES string of the molecule is O=C(Cc1ccc(F)cc1Cl)c1ccoc1Cl. The lowest BCUT2D eigenvalue weighted by atomic mass is 10.1. The number of Topliss-reactive ketones (excluding diaryl/α,β-unsaturated/α-hetero) is 1. The van der Waals surface area contributed by atoms with Gasteiger partial charge in [0.05, 0.1) is 11.8 Å². The van der Waals surface area contributed by atoms with Gasteiger partial charge in [0.25, 0.3) is 0 Å². The molecule has 0 atom stereocenters. The molecule has 0 aliphatic rings. The average molecular weight is 273 g/mol. The molecule has 0 aliphatic carbocycles. The van der Waals surface area contributed by atoms with E-state index in [0.717, 1.165) is 0 Å². The normalized spacial score (nSPS) is 10.5. The van der Waals surface area contributed by atoms with Crippen LogP contribution in [0.5, 0.6) is 0 Å². The van der Waals surface area contributed by atoms with E-state index in [1.54, 1.807) is 0 Å². The third-order valence-electron chi connectivity index (χ3n) is 2.28. The van der Waals surface area contributed by atoms with Gasteiger partial charge in [0.15, 0.2) is 5.78 Å². The number of halogens is 3. The van der Waals surface area contributed by atoms with Gasteiger partial charge in [-0.05, 0) is 35.4 Å². The molecule has 1 heterocycles. The van der Waals surface area contributed by atoms with Crippen LogP contribution in [0.1, 0.15) is 15.9 Å². The van der Waals surface area contributed by atoms with E-state index in [1.807, 2.05) is 0 Å². The summed E-state index contributed by atoms with van der Waals surface area (Å²) in [5.41, 5.74) is 0.849. The van der Waals surface area contributed by atoms with Crippen molar-refractivity contribution in [1.82, 2.24) is 0 Å². The van der Waals surface area contributed by atoms with Crippen LogP contribution in [0.25, 0.3) is 0 Å². The Morgan fingerprint density at radius 1 is 1.29 bits per heavy atom. The third kappa shape index (κ3) is 2.68. The van der Waals surface area contributed by atoms with Gasteiger partial charge in [-0.15, -0.1) is 0 Å². The number of hydrogen-bond donors (Lipinski definition) is 0. The number of benzene rings is 1. The van der Waals surface area contributed by atoms with Crippen molar-refractivity contribution in [2.75, 3.05) is 0 Å². The number of furan rings is 1. The minimum absolute atomic E-state index is 0.0493. The standard InChI is InChI=1S/C12H7Cl2FO2/c13-10-6-8(15)2-1-7(10)5-11(16)9-3-4-17-12(9)14/h1-4,6H,5H2. The molecule has 0 amide bonds. The van der Waals surface area contributed by atoms with Crippen molar-refractivity contribution in [3.8, 4) is 0 Å². The summed E-state index contributed by atoms with van der Waals surface area (Å²) in [6, 6.07) is 5.39. The predicted octanol–water partition coefficient (Wildman–Crippen LogP) is 4.15. The van der Waals surface area contributed by atoms with Crippen LogP contribution >= 0.6 is 23.2 Å². The molecule has 0 aliphatic heterocycles. The van der Waals surface area contributed by atoms with Crippen LogP contribution in [0.4, 0.5) is 4.39 Å². The van der Waals surface area contributed by atoms with Crippen molar-refractivity contribution in [3.05, 3.63) is 57.7 Å². The summed E-state index contributed by atoms with van der Waals surface area (Å²) in [6.07, 6.45) is 1.39. The van der Waals surface area contributed by atoms with Crippen LogP contribution in [0.3, 0.4) is 0 Å². The maximum Gasteiger partial charge on any atom is 0.203 e. The first kappa shape index (κ1) is 12.1. The second-order valence-electron chi connectivity index (χ2n) is 3.44. The van der Waals surface area contributed by atoms with E-state index in [9.17, 15) is 9.18 Å².